The average molecular weight is 300 g/mol. The van der Waals surface area contributed by atoms with Gasteiger partial charge in [-0.3, -0.25) is 4.79 Å². The van der Waals surface area contributed by atoms with E-state index in [0.29, 0.717) is 16.9 Å². The molecule has 2 aromatic carbocycles. The van der Waals surface area contributed by atoms with Crippen LogP contribution >= 0.6 is 19.5 Å². The van der Waals surface area contributed by atoms with E-state index in [1.165, 1.54) is 5.30 Å². The average Bonchev–Trinajstić information content (AvgIpc) is 2.40. The van der Waals surface area contributed by atoms with E-state index in [-0.39, 0.29) is 18.9 Å². The van der Waals surface area contributed by atoms with E-state index in [4.69, 9.17) is 17.3 Å². The Morgan fingerprint density at radius 1 is 1.20 bits per heavy atom. The molecule has 0 saturated heterocycles. The van der Waals surface area contributed by atoms with E-state index < -0.39 is 7.92 Å². The number of aldehydes is 1. The van der Waals surface area contributed by atoms with Gasteiger partial charge in [0.2, 0.25) is 0 Å². The van der Waals surface area contributed by atoms with Crippen LogP contribution < -0.4 is 16.3 Å². The summed E-state index contributed by atoms with van der Waals surface area (Å²) >= 11 is 6.16. The van der Waals surface area contributed by atoms with Crippen molar-refractivity contribution >= 4 is 55.3 Å². The molecule has 2 N–H and O–H groups in total. The van der Waals surface area contributed by atoms with E-state index >= 15 is 0 Å². The van der Waals surface area contributed by atoms with Crippen LogP contribution in [0.25, 0.3) is 0 Å². The van der Waals surface area contributed by atoms with Crippen LogP contribution in [0.3, 0.4) is 0 Å². The van der Waals surface area contributed by atoms with Gasteiger partial charge in [0.25, 0.3) is 0 Å². The molecule has 1 unspecified atom stereocenters. The number of halogens is 1. The zero-order valence-corrected chi connectivity index (χ0v) is 12.3. The Morgan fingerprint density at radius 2 is 1.85 bits per heavy atom. The molecule has 0 saturated carbocycles. The predicted octanol–water partition coefficient (Wildman–Crippen LogP) is 2.16. The Morgan fingerprint density at radius 3 is 2.35 bits per heavy atom. The normalized spacial score (nSPS) is 11.6. The fraction of sp³-hybridized carbons (Fsp3) is 0.133. The minimum absolute atomic E-state index is 0. The van der Waals surface area contributed by atoms with E-state index in [1.807, 2.05) is 37.3 Å². The van der Waals surface area contributed by atoms with E-state index in [9.17, 15) is 4.79 Å². The molecule has 0 heterocycles. The standard InChI is InChI=1S/C15H15ClNOP.Li.H/c1-11-7-13(8-15(16)14(11)9-18)19(10-17)12-5-3-2-4-6-12;;/h2-9H,10,17H2,1H3;;. The SMILES string of the molecule is Cc1cc(P(CN)c2ccccc2)cc(Cl)c1C=O.[LiH]. The van der Waals surface area contributed by atoms with E-state index in [0.717, 1.165) is 17.2 Å². The summed E-state index contributed by atoms with van der Waals surface area (Å²) in [6.07, 6.45) is 1.37. The Balaban J connectivity index is 0.00000200. The molecule has 0 spiro atoms. The summed E-state index contributed by atoms with van der Waals surface area (Å²) in [4.78, 5) is 11.0. The third kappa shape index (κ3) is 3.73. The first-order valence-corrected chi connectivity index (χ1v) is 7.86. The van der Waals surface area contributed by atoms with E-state index in [1.54, 1.807) is 0 Å². The van der Waals surface area contributed by atoms with Gasteiger partial charge >= 0.3 is 18.9 Å². The number of benzene rings is 2. The van der Waals surface area contributed by atoms with Crippen molar-refractivity contribution in [2.24, 2.45) is 5.73 Å². The van der Waals surface area contributed by atoms with Crippen molar-refractivity contribution < 1.29 is 4.79 Å². The molecule has 0 bridgehead atoms. The Kier molecular flexibility index (Phi) is 6.96. The second-order valence-corrected chi connectivity index (χ2v) is 6.88. The molecule has 5 heteroatoms. The maximum absolute atomic E-state index is 11.0. The van der Waals surface area contributed by atoms with Gasteiger partial charge in [-0.25, -0.2) is 0 Å². The van der Waals surface area contributed by atoms with Gasteiger partial charge in [0, 0.05) is 11.8 Å². The molecule has 0 amide bonds. The van der Waals surface area contributed by atoms with Crippen molar-refractivity contribution in [3.8, 4) is 0 Å². The van der Waals surface area contributed by atoms with Gasteiger partial charge in [-0.15, -0.1) is 0 Å². The molecule has 0 aliphatic heterocycles. The first-order valence-electron chi connectivity index (χ1n) is 5.95. The molecule has 20 heavy (non-hydrogen) atoms. The summed E-state index contributed by atoms with van der Waals surface area (Å²) in [6, 6.07) is 14.0. The number of hydrogen-bond acceptors (Lipinski definition) is 2. The fourth-order valence-corrected chi connectivity index (χ4v) is 4.28. The topological polar surface area (TPSA) is 43.1 Å². The van der Waals surface area contributed by atoms with Crippen LogP contribution in [0.2, 0.25) is 5.02 Å². The second-order valence-electron chi connectivity index (χ2n) is 4.22. The molecule has 1 atom stereocenters. The van der Waals surface area contributed by atoms with Crippen LogP contribution in [0.15, 0.2) is 42.5 Å². The van der Waals surface area contributed by atoms with Crippen LogP contribution in [-0.2, 0) is 0 Å². The minimum atomic E-state index is -0.621. The Labute approximate surface area is 137 Å². The summed E-state index contributed by atoms with van der Waals surface area (Å²) < 4.78 is 0. The fourth-order valence-electron chi connectivity index (χ4n) is 2.01. The quantitative estimate of drug-likeness (QED) is 0.534. The van der Waals surface area contributed by atoms with Gasteiger partial charge in [0.05, 0.1) is 5.02 Å². The molecule has 2 aromatic rings. The first kappa shape index (κ1) is 17.4. The van der Waals surface area contributed by atoms with Gasteiger partial charge in [-0.1, -0.05) is 48.0 Å². The van der Waals surface area contributed by atoms with Crippen LogP contribution in [0.4, 0.5) is 0 Å². The first-order chi connectivity index (χ1) is 9.17. The van der Waals surface area contributed by atoms with Gasteiger partial charge in [-0.05, 0) is 37.1 Å². The zero-order chi connectivity index (χ0) is 13.8. The van der Waals surface area contributed by atoms with Gasteiger partial charge in [0.15, 0.2) is 6.29 Å². The van der Waals surface area contributed by atoms with Gasteiger partial charge in [-0.2, -0.15) is 0 Å². The van der Waals surface area contributed by atoms with Crippen LogP contribution in [-0.4, -0.2) is 31.4 Å². The van der Waals surface area contributed by atoms with Crippen LogP contribution in [0.1, 0.15) is 15.9 Å². The number of nitrogens with two attached hydrogens (primary N) is 1. The van der Waals surface area contributed by atoms with Crippen molar-refractivity contribution in [1.29, 1.82) is 0 Å². The zero-order valence-electron chi connectivity index (χ0n) is 10.6. The van der Waals surface area contributed by atoms with Crippen molar-refractivity contribution in [3.05, 3.63) is 58.6 Å². The van der Waals surface area contributed by atoms with Crippen molar-refractivity contribution in [3.63, 3.8) is 0 Å². The number of aryl methyl sites for hydroxylation is 1. The Hall–Kier alpha value is -0.613. The molecule has 0 aliphatic rings. The van der Waals surface area contributed by atoms with Crippen molar-refractivity contribution in [1.82, 2.24) is 0 Å². The molecule has 0 aliphatic carbocycles. The van der Waals surface area contributed by atoms with Gasteiger partial charge < -0.3 is 5.73 Å². The molecular weight excluding hydrogens is 284 g/mol. The molecular formula is C15H16ClLiNOP. The van der Waals surface area contributed by atoms with Crippen molar-refractivity contribution in [2.75, 3.05) is 6.29 Å². The molecule has 0 aromatic heterocycles. The predicted molar refractivity (Wildman–Crippen MR) is 90.4 cm³/mol. The van der Waals surface area contributed by atoms with Crippen LogP contribution in [0.5, 0.6) is 0 Å². The number of rotatable bonds is 4. The number of carbonyl (C=O) groups excluding carboxylic acids is 1. The summed E-state index contributed by atoms with van der Waals surface area (Å²) in [5.41, 5.74) is 7.38. The Bertz CT molecular complexity index is 569. The molecule has 0 fully saturated rings. The molecule has 2 nitrogen and oxygen atoms in total. The third-order valence-corrected chi connectivity index (χ3v) is 5.48. The molecule has 2 rings (SSSR count). The van der Waals surface area contributed by atoms with E-state index in [2.05, 4.69) is 12.1 Å². The summed E-state index contributed by atoms with van der Waals surface area (Å²) in [7, 11) is -0.621. The second kappa shape index (κ2) is 7.98. The monoisotopic (exact) mass is 299 g/mol. The summed E-state index contributed by atoms with van der Waals surface area (Å²) in [5, 5.41) is 2.83. The van der Waals surface area contributed by atoms with Crippen molar-refractivity contribution in [2.45, 2.75) is 6.92 Å². The summed E-state index contributed by atoms with van der Waals surface area (Å²) in [5.74, 6) is 0. The number of carbonyl (C=O) groups is 1. The third-order valence-electron chi connectivity index (χ3n) is 3.00. The van der Waals surface area contributed by atoms with Gasteiger partial charge in [0.1, 0.15) is 0 Å². The molecule has 100 valence electrons. The summed E-state index contributed by atoms with van der Waals surface area (Å²) in [6.45, 7) is 1.90. The number of hydrogen-bond donors (Lipinski definition) is 1. The maximum atomic E-state index is 11.0. The molecule has 0 radical (unpaired) electrons. The van der Waals surface area contributed by atoms with Crippen LogP contribution in [0, 0.1) is 6.92 Å².